The summed E-state index contributed by atoms with van der Waals surface area (Å²) in [6.45, 7) is 3.25. The molecular formula is C16H21OP. The van der Waals surface area contributed by atoms with Crippen molar-refractivity contribution in [1.82, 2.24) is 0 Å². The summed E-state index contributed by atoms with van der Waals surface area (Å²) in [6, 6.07) is 21.7. The van der Waals surface area contributed by atoms with Gasteiger partial charge in [-0.3, -0.25) is 0 Å². The zero-order valence-electron chi connectivity index (χ0n) is 11.1. The Balaban J connectivity index is 2.41. The van der Waals surface area contributed by atoms with Gasteiger partial charge >= 0.3 is 110 Å². The van der Waals surface area contributed by atoms with Crippen molar-refractivity contribution in [3.8, 4) is 0 Å². The van der Waals surface area contributed by atoms with Crippen LogP contribution in [0.3, 0.4) is 0 Å². The van der Waals surface area contributed by atoms with E-state index in [4.69, 9.17) is 4.74 Å². The molecule has 2 aromatic carbocycles. The van der Waals surface area contributed by atoms with Crippen molar-refractivity contribution in [2.24, 2.45) is 0 Å². The van der Waals surface area contributed by atoms with Crippen molar-refractivity contribution in [1.29, 1.82) is 0 Å². The second kappa shape index (κ2) is 6.13. The zero-order chi connectivity index (χ0) is 12.8. The van der Waals surface area contributed by atoms with Crippen LogP contribution >= 0.6 is 7.26 Å². The number of rotatable bonds is 5. The Morgan fingerprint density at radius 2 is 1.28 bits per heavy atom. The third-order valence-electron chi connectivity index (χ3n) is 3.63. The molecule has 2 aromatic rings. The van der Waals surface area contributed by atoms with Gasteiger partial charge in [-0.1, -0.05) is 0 Å². The van der Waals surface area contributed by atoms with Gasteiger partial charge in [0.05, 0.1) is 0 Å². The van der Waals surface area contributed by atoms with Gasteiger partial charge in [0.1, 0.15) is 0 Å². The summed E-state index contributed by atoms with van der Waals surface area (Å²) in [4.78, 5) is 0. The maximum absolute atomic E-state index is 5.32. The fourth-order valence-electron chi connectivity index (χ4n) is 2.37. The van der Waals surface area contributed by atoms with E-state index in [2.05, 4.69) is 67.3 Å². The Labute approximate surface area is 110 Å². The molecular weight excluding hydrogens is 239 g/mol. The molecule has 18 heavy (non-hydrogen) atoms. The summed E-state index contributed by atoms with van der Waals surface area (Å²) in [7, 11) is 0.135. The Hall–Kier alpha value is -1.17. The van der Waals surface area contributed by atoms with E-state index < -0.39 is 7.26 Å². The zero-order valence-corrected chi connectivity index (χ0v) is 12.1. The van der Waals surface area contributed by atoms with Crippen LogP contribution in [-0.2, 0) is 4.74 Å². The third kappa shape index (κ3) is 2.80. The van der Waals surface area contributed by atoms with E-state index in [-0.39, 0.29) is 0 Å². The number of benzene rings is 2. The number of methoxy groups -OCH3 is 1. The van der Waals surface area contributed by atoms with Crippen molar-refractivity contribution in [3.05, 3.63) is 60.7 Å². The summed E-state index contributed by atoms with van der Waals surface area (Å²) in [5.41, 5.74) is 0. The summed E-state index contributed by atoms with van der Waals surface area (Å²) in [5, 5.41) is 2.96. The van der Waals surface area contributed by atoms with Crippen LogP contribution in [-0.4, -0.2) is 26.5 Å². The van der Waals surface area contributed by atoms with Crippen LogP contribution in [0.1, 0.15) is 0 Å². The van der Waals surface area contributed by atoms with Crippen LogP contribution in [0, 0.1) is 0 Å². The molecule has 0 bridgehead atoms. The second-order valence-corrected chi connectivity index (χ2v) is 9.13. The molecule has 2 heteroatoms. The van der Waals surface area contributed by atoms with Gasteiger partial charge < -0.3 is 0 Å². The fourth-order valence-corrected chi connectivity index (χ4v) is 5.75. The first-order chi connectivity index (χ1) is 8.77. The Morgan fingerprint density at radius 3 is 1.67 bits per heavy atom. The predicted octanol–water partition coefficient (Wildman–Crippen LogP) is 2.66. The molecule has 0 fully saturated rings. The van der Waals surface area contributed by atoms with Crippen molar-refractivity contribution in [2.75, 3.05) is 26.5 Å². The standard InChI is InChI=1S/C16H21OP/c1-17-13-14-18(2,15-9-5-3-6-10-15)16-11-7-4-8-12-16/h3-12,18H,13-14H2,1-2H3. The SMILES string of the molecule is COCC[PH](C)(c1ccccc1)c1ccccc1. The molecule has 0 aliphatic carbocycles. The number of hydrogen-bond donors (Lipinski definition) is 0. The van der Waals surface area contributed by atoms with E-state index in [1.807, 2.05) is 0 Å². The van der Waals surface area contributed by atoms with Crippen LogP contribution in [0.2, 0.25) is 0 Å². The molecule has 0 unspecified atom stereocenters. The van der Waals surface area contributed by atoms with Crippen LogP contribution in [0.5, 0.6) is 0 Å². The van der Waals surface area contributed by atoms with E-state index in [0.717, 1.165) is 12.8 Å². The second-order valence-electron chi connectivity index (χ2n) is 4.81. The summed E-state index contributed by atoms with van der Waals surface area (Å²) < 4.78 is 5.32. The normalized spacial score (nSPS) is 12.3. The summed E-state index contributed by atoms with van der Waals surface area (Å²) in [6.07, 6.45) is 1.12. The molecule has 2 rings (SSSR count). The van der Waals surface area contributed by atoms with Crippen LogP contribution < -0.4 is 10.6 Å². The van der Waals surface area contributed by atoms with Gasteiger partial charge in [-0.05, 0) is 0 Å². The van der Waals surface area contributed by atoms with E-state index in [1.54, 1.807) is 7.11 Å². The molecule has 0 aliphatic heterocycles. The molecule has 0 spiro atoms. The van der Waals surface area contributed by atoms with E-state index in [1.165, 1.54) is 10.6 Å². The molecule has 0 radical (unpaired) electrons. The van der Waals surface area contributed by atoms with E-state index in [9.17, 15) is 0 Å². The van der Waals surface area contributed by atoms with Crippen LogP contribution in [0.4, 0.5) is 0 Å². The average Bonchev–Trinajstić information content (AvgIpc) is 2.46. The first-order valence-corrected chi connectivity index (χ1v) is 9.08. The van der Waals surface area contributed by atoms with Crippen molar-refractivity contribution in [2.45, 2.75) is 0 Å². The maximum atomic E-state index is 5.32. The van der Waals surface area contributed by atoms with E-state index in [0.29, 0.717) is 0 Å². The third-order valence-corrected chi connectivity index (χ3v) is 8.05. The molecule has 0 amide bonds. The average molecular weight is 260 g/mol. The molecule has 0 heterocycles. The molecule has 0 aliphatic rings. The quantitative estimate of drug-likeness (QED) is 0.751. The molecule has 0 saturated carbocycles. The summed E-state index contributed by atoms with van der Waals surface area (Å²) in [5.74, 6) is 0. The van der Waals surface area contributed by atoms with Gasteiger partial charge in [-0.15, -0.1) is 0 Å². The molecule has 0 saturated heterocycles. The van der Waals surface area contributed by atoms with Crippen LogP contribution in [0.25, 0.3) is 0 Å². The molecule has 0 atom stereocenters. The Morgan fingerprint density at radius 1 is 0.833 bits per heavy atom. The minimum absolute atomic E-state index is 0.826. The van der Waals surface area contributed by atoms with Gasteiger partial charge in [-0.25, -0.2) is 0 Å². The number of hydrogen-bond acceptors (Lipinski definition) is 1. The number of ether oxygens (including phenoxy) is 1. The van der Waals surface area contributed by atoms with Gasteiger partial charge in [0.15, 0.2) is 0 Å². The molecule has 96 valence electrons. The summed E-state index contributed by atoms with van der Waals surface area (Å²) >= 11 is 0. The van der Waals surface area contributed by atoms with Crippen LogP contribution in [0.15, 0.2) is 60.7 Å². The van der Waals surface area contributed by atoms with E-state index >= 15 is 0 Å². The molecule has 0 N–H and O–H groups in total. The fraction of sp³-hybridized carbons (Fsp3) is 0.250. The van der Waals surface area contributed by atoms with Gasteiger partial charge in [0.25, 0.3) is 0 Å². The van der Waals surface area contributed by atoms with Gasteiger partial charge in [-0.2, -0.15) is 0 Å². The first kappa shape index (κ1) is 13.3. The van der Waals surface area contributed by atoms with Gasteiger partial charge in [0, 0.05) is 0 Å². The van der Waals surface area contributed by atoms with Crippen molar-refractivity contribution >= 4 is 17.9 Å². The molecule has 0 aromatic heterocycles. The van der Waals surface area contributed by atoms with Crippen molar-refractivity contribution in [3.63, 3.8) is 0 Å². The predicted molar refractivity (Wildman–Crippen MR) is 83.1 cm³/mol. The van der Waals surface area contributed by atoms with Gasteiger partial charge in [0.2, 0.25) is 0 Å². The Bertz CT molecular complexity index is 427. The Kier molecular flexibility index (Phi) is 4.52. The molecule has 1 nitrogen and oxygen atoms in total. The van der Waals surface area contributed by atoms with Crippen molar-refractivity contribution < 1.29 is 4.74 Å². The minimum atomic E-state index is -1.65. The first-order valence-electron chi connectivity index (χ1n) is 6.37. The monoisotopic (exact) mass is 260 g/mol. The topological polar surface area (TPSA) is 9.23 Å².